The first-order valence-corrected chi connectivity index (χ1v) is 11.4. The van der Waals surface area contributed by atoms with Gasteiger partial charge in [0.15, 0.2) is 6.61 Å². The average Bonchev–Trinajstić information content (AvgIpc) is 2.65. The van der Waals surface area contributed by atoms with Crippen LogP contribution >= 0.6 is 27.5 Å². The Kier molecular flexibility index (Phi) is 8.95. The highest BCUT2D eigenvalue weighted by Gasteiger charge is 2.31. The molecule has 0 aromatic heterocycles. The second-order valence-electron chi connectivity index (χ2n) is 8.54. The minimum atomic E-state index is -0.615. The van der Waals surface area contributed by atoms with Crippen molar-refractivity contribution >= 4 is 39.3 Å². The number of nitrogens with zero attached hydrogens (tertiary/aromatic N) is 1. The number of carbonyl (C=O) groups excluding carboxylic acids is 2. The molecule has 0 fully saturated rings. The predicted molar refractivity (Wildman–Crippen MR) is 128 cm³/mol. The van der Waals surface area contributed by atoms with Crippen molar-refractivity contribution in [2.45, 2.75) is 59.2 Å². The Balaban J connectivity index is 2.26. The Morgan fingerprint density at radius 3 is 2.48 bits per heavy atom. The van der Waals surface area contributed by atoms with Gasteiger partial charge in [0.05, 0.1) is 5.02 Å². The molecule has 0 heterocycles. The van der Waals surface area contributed by atoms with Gasteiger partial charge in [-0.3, -0.25) is 9.59 Å². The molecular weight excluding hydrogens is 480 g/mol. The summed E-state index contributed by atoms with van der Waals surface area (Å²) in [5.41, 5.74) is 1.65. The highest BCUT2D eigenvalue weighted by Crippen LogP contribution is 2.28. The summed E-state index contributed by atoms with van der Waals surface area (Å²) < 4.78 is 6.52. The molecule has 0 aliphatic rings. The number of amides is 2. The van der Waals surface area contributed by atoms with Gasteiger partial charge in [-0.2, -0.15) is 0 Å². The van der Waals surface area contributed by atoms with Crippen molar-refractivity contribution in [2.24, 2.45) is 0 Å². The van der Waals surface area contributed by atoms with Crippen LogP contribution < -0.4 is 10.1 Å². The molecule has 31 heavy (non-hydrogen) atoms. The third-order valence-electron chi connectivity index (χ3n) is 4.56. The number of aryl methyl sites for hydroxylation is 1. The Morgan fingerprint density at radius 1 is 1.19 bits per heavy atom. The number of hydrogen-bond acceptors (Lipinski definition) is 3. The van der Waals surface area contributed by atoms with Gasteiger partial charge in [0.1, 0.15) is 11.8 Å². The first-order chi connectivity index (χ1) is 14.5. The Bertz CT molecular complexity index is 927. The monoisotopic (exact) mass is 508 g/mol. The van der Waals surface area contributed by atoms with Gasteiger partial charge in [0.2, 0.25) is 5.91 Å². The maximum Gasteiger partial charge on any atom is 0.261 e. The lowest BCUT2D eigenvalue weighted by molar-refractivity contribution is -0.143. The number of hydrogen-bond donors (Lipinski definition) is 1. The van der Waals surface area contributed by atoms with Crippen LogP contribution in [0, 0.1) is 6.92 Å². The summed E-state index contributed by atoms with van der Waals surface area (Å²) >= 11 is 9.56. The van der Waals surface area contributed by atoms with Crippen molar-refractivity contribution in [3.63, 3.8) is 0 Å². The molecule has 5 nitrogen and oxygen atoms in total. The maximum atomic E-state index is 13.2. The largest absolute Gasteiger partial charge is 0.482 e. The third-order valence-corrected chi connectivity index (χ3v) is 5.35. The fraction of sp³-hybridized carbons (Fsp3) is 0.417. The molecule has 2 amide bonds. The van der Waals surface area contributed by atoms with Crippen LogP contribution in [-0.4, -0.2) is 34.9 Å². The SMILES string of the molecule is CC[C@H](C(=O)NC(C)(C)C)N(Cc1cccc(C)c1)C(=O)COc1ccc(Br)cc1Cl. The van der Waals surface area contributed by atoms with Crippen molar-refractivity contribution in [1.29, 1.82) is 0 Å². The second-order valence-corrected chi connectivity index (χ2v) is 9.86. The quantitative estimate of drug-likeness (QED) is 0.510. The second kappa shape index (κ2) is 11.0. The van der Waals surface area contributed by atoms with Crippen LogP contribution in [0.3, 0.4) is 0 Å². The molecule has 0 aliphatic carbocycles. The number of benzene rings is 2. The summed E-state index contributed by atoms with van der Waals surface area (Å²) in [5.74, 6) is -0.0463. The first kappa shape index (κ1) is 25.2. The molecule has 1 N–H and O–H groups in total. The summed E-state index contributed by atoms with van der Waals surface area (Å²) in [6.07, 6.45) is 0.485. The van der Waals surface area contributed by atoms with Crippen molar-refractivity contribution in [2.75, 3.05) is 6.61 Å². The molecule has 0 unspecified atom stereocenters. The van der Waals surface area contributed by atoms with Gasteiger partial charge in [0, 0.05) is 16.6 Å². The molecule has 2 aromatic rings. The lowest BCUT2D eigenvalue weighted by atomic mass is 10.1. The van der Waals surface area contributed by atoms with Crippen LogP contribution in [0.4, 0.5) is 0 Å². The van der Waals surface area contributed by atoms with E-state index in [-0.39, 0.29) is 18.4 Å². The van der Waals surface area contributed by atoms with E-state index in [1.54, 1.807) is 23.1 Å². The van der Waals surface area contributed by atoms with Gasteiger partial charge in [-0.25, -0.2) is 0 Å². The highest BCUT2D eigenvalue weighted by molar-refractivity contribution is 9.10. The van der Waals surface area contributed by atoms with E-state index in [4.69, 9.17) is 16.3 Å². The molecule has 2 aromatic carbocycles. The number of carbonyl (C=O) groups is 2. The Labute approximate surface area is 198 Å². The lowest BCUT2D eigenvalue weighted by Gasteiger charge is -2.33. The molecular formula is C24H30BrClN2O3. The summed E-state index contributed by atoms with van der Waals surface area (Å²) in [6, 6.07) is 12.5. The molecule has 7 heteroatoms. The molecule has 2 rings (SSSR count). The standard InChI is InChI=1S/C24H30BrClN2O3/c1-6-20(23(30)27-24(3,4)5)28(14-17-9-7-8-16(2)12-17)22(29)15-31-21-11-10-18(25)13-19(21)26/h7-13,20H,6,14-15H2,1-5H3,(H,27,30)/t20-/m1/s1. The van der Waals surface area contributed by atoms with E-state index >= 15 is 0 Å². The van der Waals surface area contributed by atoms with E-state index in [1.807, 2.05) is 58.9 Å². The Hall–Kier alpha value is -2.05. The fourth-order valence-corrected chi connectivity index (χ4v) is 3.92. The van der Waals surface area contributed by atoms with E-state index in [9.17, 15) is 9.59 Å². The zero-order valence-electron chi connectivity index (χ0n) is 18.7. The molecule has 0 saturated heterocycles. The van der Waals surface area contributed by atoms with E-state index in [1.165, 1.54) is 0 Å². The highest BCUT2D eigenvalue weighted by atomic mass is 79.9. The molecule has 0 bridgehead atoms. The van der Waals surface area contributed by atoms with Gasteiger partial charge < -0.3 is 15.0 Å². The van der Waals surface area contributed by atoms with Gasteiger partial charge in [-0.05, 0) is 57.9 Å². The van der Waals surface area contributed by atoms with E-state index in [0.717, 1.165) is 15.6 Å². The maximum absolute atomic E-state index is 13.2. The fourth-order valence-electron chi connectivity index (χ4n) is 3.19. The molecule has 1 atom stereocenters. The number of nitrogens with one attached hydrogen (secondary N) is 1. The molecule has 168 valence electrons. The van der Waals surface area contributed by atoms with Crippen LogP contribution in [0.25, 0.3) is 0 Å². The summed E-state index contributed by atoms with van der Waals surface area (Å²) in [5, 5.41) is 3.40. The molecule has 0 radical (unpaired) electrons. The summed E-state index contributed by atoms with van der Waals surface area (Å²) in [7, 11) is 0. The van der Waals surface area contributed by atoms with Gasteiger partial charge in [-0.1, -0.05) is 64.3 Å². The van der Waals surface area contributed by atoms with E-state index in [2.05, 4.69) is 21.2 Å². The van der Waals surface area contributed by atoms with Crippen molar-refractivity contribution in [3.8, 4) is 5.75 Å². The molecule has 0 aliphatic heterocycles. The predicted octanol–water partition coefficient (Wildman–Crippen LogP) is 5.51. The molecule has 0 saturated carbocycles. The number of rotatable bonds is 8. The van der Waals surface area contributed by atoms with Crippen LogP contribution in [0.2, 0.25) is 5.02 Å². The van der Waals surface area contributed by atoms with Crippen molar-refractivity contribution < 1.29 is 14.3 Å². The van der Waals surface area contributed by atoms with Crippen LogP contribution in [0.15, 0.2) is 46.9 Å². The zero-order chi connectivity index (χ0) is 23.2. The van der Waals surface area contributed by atoms with Gasteiger partial charge in [0.25, 0.3) is 5.91 Å². The smallest absolute Gasteiger partial charge is 0.261 e. The lowest BCUT2D eigenvalue weighted by Crippen LogP contribution is -2.54. The minimum Gasteiger partial charge on any atom is -0.482 e. The first-order valence-electron chi connectivity index (χ1n) is 10.2. The van der Waals surface area contributed by atoms with E-state index < -0.39 is 11.6 Å². The summed E-state index contributed by atoms with van der Waals surface area (Å²) in [6.45, 7) is 9.75. The van der Waals surface area contributed by atoms with Gasteiger partial charge >= 0.3 is 0 Å². The van der Waals surface area contributed by atoms with Crippen LogP contribution in [0.5, 0.6) is 5.75 Å². The van der Waals surface area contributed by atoms with E-state index in [0.29, 0.717) is 23.7 Å². The number of ether oxygens (including phenoxy) is 1. The third kappa shape index (κ3) is 7.86. The van der Waals surface area contributed by atoms with Gasteiger partial charge in [-0.15, -0.1) is 0 Å². The Morgan fingerprint density at radius 2 is 1.90 bits per heavy atom. The molecule has 0 spiro atoms. The van der Waals surface area contributed by atoms with Crippen LogP contribution in [-0.2, 0) is 16.1 Å². The normalized spacial score (nSPS) is 12.2. The van der Waals surface area contributed by atoms with Crippen molar-refractivity contribution in [1.82, 2.24) is 10.2 Å². The topological polar surface area (TPSA) is 58.6 Å². The summed E-state index contributed by atoms with van der Waals surface area (Å²) in [4.78, 5) is 27.8. The number of halogens is 2. The van der Waals surface area contributed by atoms with Crippen molar-refractivity contribution in [3.05, 3.63) is 63.1 Å². The average molecular weight is 510 g/mol. The zero-order valence-corrected chi connectivity index (χ0v) is 21.0. The minimum absolute atomic E-state index is 0.183. The van der Waals surface area contributed by atoms with Crippen LogP contribution in [0.1, 0.15) is 45.2 Å².